The summed E-state index contributed by atoms with van der Waals surface area (Å²) >= 11 is 2.84. The predicted molar refractivity (Wildman–Crippen MR) is 94.8 cm³/mol. The average molecular weight is 362 g/mol. The zero-order chi connectivity index (χ0) is 17.1. The molecule has 0 saturated carbocycles. The molecule has 124 valence electrons. The molecule has 0 spiro atoms. The van der Waals surface area contributed by atoms with Crippen LogP contribution in [0.3, 0.4) is 0 Å². The highest BCUT2D eigenvalue weighted by Gasteiger charge is 2.20. The number of benzene rings is 1. The van der Waals surface area contributed by atoms with Crippen molar-refractivity contribution in [2.75, 3.05) is 6.61 Å². The maximum absolute atomic E-state index is 13.2. The van der Waals surface area contributed by atoms with E-state index in [-0.39, 0.29) is 17.0 Å². The van der Waals surface area contributed by atoms with Gasteiger partial charge in [0.2, 0.25) is 0 Å². The number of thiophene rings is 1. The minimum absolute atomic E-state index is 0.271. The molecule has 2 heterocycles. The first-order valence-corrected chi connectivity index (χ1v) is 9.17. The van der Waals surface area contributed by atoms with Gasteiger partial charge in [-0.3, -0.25) is 4.79 Å². The van der Waals surface area contributed by atoms with Crippen LogP contribution in [0.5, 0.6) is 0 Å². The number of hydrogen-bond acceptors (Lipinski definition) is 6. The molecule has 0 fully saturated rings. The molecule has 3 aromatic rings. The van der Waals surface area contributed by atoms with Gasteiger partial charge in [0.15, 0.2) is 0 Å². The Morgan fingerprint density at radius 1 is 1.33 bits per heavy atom. The van der Waals surface area contributed by atoms with Gasteiger partial charge in [0.25, 0.3) is 0 Å². The SMILES string of the molecule is CCOC(=O)C(C)Sc1ncnc2scc(-c3ccc(F)cc3)c12. The number of carbonyl (C=O) groups is 1. The van der Waals surface area contributed by atoms with E-state index in [0.29, 0.717) is 6.61 Å². The summed E-state index contributed by atoms with van der Waals surface area (Å²) in [6, 6.07) is 6.31. The van der Waals surface area contributed by atoms with E-state index < -0.39 is 0 Å². The number of rotatable bonds is 5. The molecule has 0 amide bonds. The van der Waals surface area contributed by atoms with Crippen molar-refractivity contribution in [1.82, 2.24) is 9.97 Å². The van der Waals surface area contributed by atoms with E-state index >= 15 is 0 Å². The summed E-state index contributed by atoms with van der Waals surface area (Å²) in [5, 5.41) is 3.21. The average Bonchev–Trinajstić information content (AvgIpc) is 3.01. The second-order valence-corrected chi connectivity index (χ2v) is 7.21. The molecular formula is C17H15FN2O2S2. The van der Waals surface area contributed by atoms with Gasteiger partial charge in [-0.05, 0) is 31.5 Å². The summed E-state index contributed by atoms with van der Waals surface area (Å²) in [4.78, 5) is 21.4. The Morgan fingerprint density at radius 3 is 2.79 bits per heavy atom. The predicted octanol–water partition coefficient (Wildman–Crippen LogP) is 4.54. The maximum Gasteiger partial charge on any atom is 0.319 e. The molecule has 1 unspecified atom stereocenters. The fourth-order valence-electron chi connectivity index (χ4n) is 2.25. The molecule has 0 saturated heterocycles. The molecular weight excluding hydrogens is 347 g/mol. The first-order valence-electron chi connectivity index (χ1n) is 7.41. The zero-order valence-electron chi connectivity index (χ0n) is 13.2. The molecule has 3 rings (SSSR count). The molecule has 0 aliphatic carbocycles. The number of aromatic nitrogens is 2. The Balaban J connectivity index is 2.01. The third kappa shape index (κ3) is 3.42. The lowest BCUT2D eigenvalue weighted by Gasteiger charge is -2.11. The Kier molecular flexibility index (Phi) is 5.11. The normalized spacial score (nSPS) is 12.3. The van der Waals surface area contributed by atoms with Gasteiger partial charge in [0.05, 0.1) is 12.0 Å². The largest absolute Gasteiger partial charge is 0.465 e. The topological polar surface area (TPSA) is 52.1 Å². The van der Waals surface area contributed by atoms with E-state index in [4.69, 9.17) is 4.74 Å². The van der Waals surface area contributed by atoms with Gasteiger partial charge >= 0.3 is 5.97 Å². The Bertz CT molecular complexity index is 865. The summed E-state index contributed by atoms with van der Waals surface area (Å²) in [5.41, 5.74) is 1.83. The lowest BCUT2D eigenvalue weighted by molar-refractivity contribution is -0.142. The number of thioether (sulfide) groups is 1. The lowest BCUT2D eigenvalue weighted by Crippen LogP contribution is -2.16. The molecule has 0 N–H and O–H groups in total. The Morgan fingerprint density at radius 2 is 2.08 bits per heavy atom. The summed E-state index contributed by atoms with van der Waals surface area (Å²) in [5.74, 6) is -0.548. The lowest BCUT2D eigenvalue weighted by atomic mass is 10.1. The number of halogens is 1. The molecule has 2 aromatic heterocycles. The first kappa shape index (κ1) is 16.9. The van der Waals surface area contributed by atoms with E-state index in [0.717, 1.165) is 26.4 Å². The van der Waals surface area contributed by atoms with Crippen molar-refractivity contribution in [3.8, 4) is 11.1 Å². The van der Waals surface area contributed by atoms with Crippen molar-refractivity contribution in [3.05, 3.63) is 41.8 Å². The number of fused-ring (bicyclic) bond motifs is 1. The number of ether oxygens (including phenoxy) is 1. The molecule has 24 heavy (non-hydrogen) atoms. The number of carbonyl (C=O) groups excluding carboxylic acids is 1. The van der Waals surface area contributed by atoms with Crippen LogP contribution in [-0.2, 0) is 9.53 Å². The standard InChI is InChI=1S/C17H15FN2O2S2/c1-3-22-17(21)10(2)24-16-14-13(8-23-15(14)19-9-20-16)11-4-6-12(18)7-5-11/h4-10H,3H2,1-2H3. The highest BCUT2D eigenvalue weighted by atomic mass is 32.2. The van der Waals surface area contributed by atoms with Crippen LogP contribution < -0.4 is 0 Å². The second kappa shape index (κ2) is 7.27. The molecule has 0 aliphatic heterocycles. The summed E-state index contributed by atoms with van der Waals surface area (Å²) < 4.78 is 18.2. The van der Waals surface area contributed by atoms with Crippen LogP contribution >= 0.6 is 23.1 Å². The first-order chi connectivity index (χ1) is 11.6. The van der Waals surface area contributed by atoms with E-state index in [2.05, 4.69) is 9.97 Å². The highest BCUT2D eigenvalue weighted by Crippen LogP contribution is 2.39. The van der Waals surface area contributed by atoms with Crippen molar-refractivity contribution in [3.63, 3.8) is 0 Å². The molecule has 1 atom stereocenters. The smallest absolute Gasteiger partial charge is 0.319 e. The number of hydrogen-bond donors (Lipinski definition) is 0. The van der Waals surface area contributed by atoms with Gasteiger partial charge in [-0.15, -0.1) is 11.3 Å². The van der Waals surface area contributed by atoms with E-state index in [1.165, 1.54) is 41.6 Å². The van der Waals surface area contributed by atoms with Crippen molar-refractivity contribution >= 4 is 39.3 Å². The van der Waals surface area contributed by atoms with Gasteiger partial charge in [-0.1, -0.05) is 23.9 Å². The number of esters is 1. The van der Waals surface area contributed by atoms with Crippen LogP contribution in [0.4, 0.5) is 4.39 Å². The van der Waals surface area contributed by atoms with Crippen LogP contribution in [0.15, 0.2) is 41.0 Å². The fraction of sp³-hybridized carbons (Fsp3) is 0.235. The molecule has 0 bridgehead atoms. The highest BCUT2D eigenvalue weighted by molar-refractivity contribution is 8.00. The molecule has 4 nitrogen and oxygen atoms in total. The van der Waals surface area contributed by atoms with Crippen LogP contribution in [0.25, 0.3) is 21.3 Å². The van der Waals surface area contributed by atoms with Crippen molar-refractivity contribution < 1.29 is 13.9 Å². The minimum atomic E-state index is -0.371. The second-order valence-electron chi connectivity index (χ2n) is 5.03. The van der Waals surface area contributed by atoms with E-state index in [1.807, 2.05) is 5.38 Å². The zero-order valence-corrected chi connectivity index (χ0v) is 14.8. The number of nitrogens with zero attached hydrogens (tertiary/aromatic N) is 2. The molecule has 1 aromatic carbocycles. The Hall–Kier alpha value is -1.99. The molecule has 0 aliphatic rings. The summed E-state index contributed by atoms with van der Waals surface area (Å²) in [6.45, 7) is 3.92. The molecule has 0 radical (unpaired) electrons. The third-order valence-corrected chi connectivity index (χ3v) is 5.36. The van der Waals surface area contributed by atoms with E-state index in [9.17, 15) is 9.18 Å². The van der Waals surface area contributed by atoms with Crippen molar-refractivity contribution in [2.45, 2.75) is 24.1 Å². The van der Waals surface area contributed by atoms with Gasteiger partial charge in [-0.25, -0.2) is 14.4 Å². The molecule has 7 heteroatoms. The van der Waals surface area contributed by atoms with Crippen molar-refractivity contribution in [2.24, 2.45) is 0 Å². The van der Waals surface area contributed by atoms with Crippen LogP contribution in [0.2, 0.25) is 0 Å². The van der Waals surface area contributed by atoms with E-state index in [1.54, 1.807) is 26.0 Å². The van der Waals surface area contributed by atoms with Crippen LogP contribution in [0, 0.1) is 5.82 Å². The van der Waals surface area contributed by atoms with Gasteiger partial charge in [-0.2, -0.15) is 0 Å². The van der Waals surface area contributed by atoms with Crippen molar-refractivity contribution in [1.29, 1.82) is 0 Å². The third-order valence-electron chi connectivity index (χ3n) is 3.40. The summed E-state index contributed by atoms with van der Waals surface area (Å²) in [7, 11) is 0. The maximum atomic E-state index is 13.2. The van der Waals surface area contributed by atoms with Crippen LogP contribution in [-0.4, -0.2) is 27.8 Å². The summed E-state index contributed by atoms with van der Waals surface area (Å²) in [6.07, 6.45) is 1.49. The van der Waals surface area contributed by atoms with Gasteiger partial charge in [0, 0.05) is 10.9 Å². The monoisotopic (exact) mass is 362 g/mol. The quantitative estimate of drug-likeness (QED) is 0.379. The fourth-order valence-corrected chi connectivity index (χ4v) is 4.17. The van der Waals surface area contributed by atoms with Crippen LogP contribution in [0.1, 0.15) is 13.8 Å². The van der Waals surface area contributed by atoms with Gasteiger partial charge in [0.1, 0.15) is 27.3 Å². The minimum Gasteiger partial charge on any atom is -0.465 e. The Labute approximate surface area is 147 Å². The van der Waals surface area contributed by atoms with Gasteiger partial charge < -0.3 is 4.74 Å².